The van der Waals surface area contributed by atoms with Crippen molar-refractivity contribution in [2.75, 3.05) is 31.1 Å². The van der Waals surface area contributed by atoms with Crippen LogP contribution in [-0.4, -0.2) is 65.6 Å². The second kappa shape index (κ2) is 18.9. The Hall–Kier alpha value is -4.06. The number of hydrogen-bond donors (Lipinski definition) is 1. The molecule has 296 valence electrons. The molecular weight excluding hydrogens is 770 g/mol. The molecule has 0 radical (unpaired) electrons. The fourth-order valence-electron chi connectivity index (χ4n) is 7.36. The molecule has 1 aromatic heterocycles. The molecule has 0 saturated carbocycles. The van der Waals surface area contributed by atoms with Crippen molar-refractivity contribution in [1.29, 1.82) is 0 Å². The van der Waals surface area contributed by atoms with Crippen LogP contribution >= 0.6 is 23.2 Å². The maximum Gasteiger partial charge on any atom is 0.246 e. The highest BCUT2D eigenvalue weighted by Gasteiger charge is 2.34. The zero-order chi connectivity index (χ0) is 39.8. The summed E-state index contributed by atoms with van der Waals surface area (Å²) in [6.45, 7) is 7.43. The number of anilines is 1. The molecule has 1 N–H and O–H groups in total. The number of hydrogen-bond acceptors (Lipinski definition) is 7. The van der Waals surface area contributed by atoms with Gasteiger partial charge in [0, 0.05) is 51.9 Å². The van der Waals surface area contributed by atoms with Crippen molar-refractivity contribution in [1.82, 2.24) is 14.2 Å². The quantitative estimate of drug-likeness (QED) is 0.0890. The van der Waals surface area contributed by atoms with E-state index < -0.39 is 27.2 Å². The average molecular weight is 820 g/mol. The summed E-state index contributed by atoms with van der Waals surface area (Å²) in [4.78, 5) is 21.6. The number of halogens is 3. The molecule has 12 heteroatoms. The van der Waals surface area contributed by atoms with Crippen LogP contribution in [0, 0.1) is 11.7 Å². The molecule has 1 fully saturated rings. The lowest BCUT2D eigenvalue weighted by Crippen LogP contribution is -2.35. The Morgan fingerprint density at radius 1 is 0.929 bits per heavy atom. The number of nitrogens with zero attached hydrogens (tertiary/aromatic N) is 4. The zero-order valence-electron chi connectivity index (χ0n) is 31.8. The Bertz CT molecular complexity index is 2120. The Morgan fingerprint density at radius 2 is 1.59 bits per heavy atom. The first-order chi connectivity index (χ1) is 26.9. The van der Waals surface area contributed by atoms with Crippen molar-refractivity contribution in [3.8, 4) is 11.1 Å². The van der Waals surface area contributed by atoms with Gasteiger partial charge < -0.3 is 14.8 Å². The number of aliphatic hydroxyl groups is 1. The predicted molar refractivity (Wildman–Crippen MR) is 224 cm³/mol. The maximum atomic E-state index is 14.3. The fourth-order valence-corrected chi connectivity index (χ4v) is 9.75. The lowest BCUT2D eigenvalue weighted by atomic mass is 10.0. The van der Waals surface area contributed by atoms with Crippen LogP contribution in [0.15, 0.2) is 113 Å². The number of aliphatic hydroxyl groups excluding tert-OH is 1. The van der Waals surface area contributed by atoms with Crippen molar-refractivity contribution >= 4 is 45.3 Å². The van der Waals surface area contributed by atoms with Crippen LogP contribution in [0.1, 0.15) is 67.8 Å². The molecule has 1 aliphatic heterocycles. The van der Waals surface area contributed by atoms with Crippen LogP contribution in [0.5, 0.6) is 0 Å². The van der Waals surface area contributed by atoms with E-state index >= 15 is 0 Å². The molecule has 2 atom stereocenters. The number of sulfonamides is 1. The molecule has 8 nitrogen and oxygen atoms in total. The van der Waals surface area contributed by atoms with Crippen molar-refractivity contribution in [3.05, 3.63) is 141 Å². The first-order valence-electron chi connectivity index (χ1n) is 19.2. The van der Waals surface area contributed by atoms with Gasteiger partial charge in [-0.2, -0.15) is 4.31 Å². The largest absolute Gasteiger partial charge is 0.505 e. The van der Waals surface area contributed by atoms with E-state index in [9.17, 15) is 22.7 Å². The number of allylic oxidation sites excluding steroid dienone is 2. The van der Waals surface area contributed by atoms with E-state index in [-0.39, 0.29) is 41.2 Å². The van der Waals surface area contributed by atoms with Crippen LogP contribution in [0.25, 0.3) is 11.1 Å². The average Bonchev–Trinajstić information content (AvgIpc) is 3.19. The summed E-state index contributed by atoms with van der Waals surface area (Å²) in [7, 11) is -4.26. The van der Waals surface area contributed by atoms with Crippen molar-refractivity contribution < 1.29 is 22.7 Å². The number of carbonyl (C=O) groups excluding carboxylic acids is 1. The summed E-state index contributed by atoms with van der Waals surface area (Å²) >= 11 is 12.6. The maximum absolute atomic E-state index is 14.3. The molecule has 0 amide bonds. The topological polar surface area (TPSA) is 94.1 Å². The number of rotatable bonds is 16. The van der Waals surface area contributed by atoms with Gasteiger partial charge in [0.2, 0.25) is 10.0 Å². The highest BCUT2D eigenvalue weighted by molar-refractivity contribution is 7.93. The number of piperidine rings is 1. The van der Waals surface area contributed by atoms with Gasteiger partial charge in [0.25, 0.3) is 0 Å². The molecule has 1 unspecified atom stereocenters. The van der Waals surface area contributed by atoms with Gasteiger partial charge >= 0.3 is 0 Å². The fraction of sp³-hybridized carbons (Fsp3) is 0.364. The van der Waals surface area contributed by atoms with Gasteiger partial charge in [0.05, 0.1) is 16.5 Å². The second-order valence-electron chi connectivity index (χ2n) is 15.0. The molecule has 0 spiro atoms. The minimum absolute atomic E-state index is 0.00397. The van der Waals surface area contributed by atoms with Crippen LogP contribution < -0.4 is 4.90 Å². The van der Waals surface area contributed by atoms with E-state index in [4.69, 9.17) is 28.2 Å². The summed E-state index contributed by atoms with van der Waals surface area (Å²) in [5.74, 6) is 0.402. The SMILES string of the molecule is CC(C)CN(Cc1cccc(CN(CCc2ccc(-c3ccc(F)cc3)cc2)S(=O)(=O)C2=CC(Cl)CC(Cl)=C2O)c1)[C@H](C=O)c1ccc(N2CCCCC2)nc1. The third-order valence-corrected chi connectivity index (χ3v) is 12.7. The molecule has 4 aromatic rings. The Kier molecular flexibility index (Phi) is 14.0. The minimum atomic E-state index is -4.26. The van der Waals surface area contributed by atoms with E-state index in [1.807, 2.05) is 66.9 Å². The molecule has 2 aliphatic rings. The van der Waals surface area contributed by atoms with Gasteiger partial charge in [-0.15, -0.1) is 11.6 Å². The Balaban J connectivity index is 1.24. The molecule has 6 rings (SSSR count). The van der Waals surface area contributed by atoms with Gasteiger partial charge in [0.1, 0.15) is 28.6 Å². The smallest absolute Gasteiger partial charge is 0.246 e. The van der Waals surface area contributed by atoms with E-state index in [1.54, 1.807) is 12.1 Å². The monoisotopic (exact) mass is 818 g/mol. The Morgan fingerprint density at radius 3 is 2.21 bits per heavy atom. The van der Waals surface area contributed by atoms with Crippen molar-refractivity contribution in [3.63, 3.8) is 0 Å². The zero-order valence-corrected chi connectivity index (χ0v) is 34.2. The number of aldehydes is 1. The van der Waals surface area contributed by atoms with Gasteiger partial charge in [-0.1, -0.05) is 92.2 Å². The molecular formula is C44H49Cl2FN4O4S. The van der Waals surface area contributed by atoms with Gasteiger partial charge in [-0.25, -0.2) is 17.8 Å². The number of benzene rings is 3. The molecule has 3 aromatic carbocycles. The number of aromatic nitrogens is 1. The van der Waals surface area contributed by atoms with Crippen LogP contribution in [-0.2, 0) is 34.3 Å². The second-order valence-corrected chi connectivity index (χ2v) is 17.9. The molecule has 56 heavy (non-hydrogen) atoms. The standard InChI is InChI=1S/C44H49Cl2FN4O4S/c1-31(2)27-50(41(30-52)37-15-18-43(48-26-37)49-20-4-3-5-21-49)28-33-7-6-8-34(23-33)29-51(56(54,55)42-25-38(45)24-40(46)44(42)53)22-19-32-9-11-35(12-10-32)36-13-16-39(47)17-14-36/h6-18,23,25-26,30-31,38,41,53H,3-5,19-22,24,27-29H2,1-2H3/t38?,41-/m1/s1. The van der Waals surface area contributed by atoms with Crippen LogP contribution in [0.3, 0.4) is 0 Å². The molecule has 1 aliphatic carbocycles. The van der Waals surface area contributed by atoms with Crippen LogP contribution in [0.2, 0.25) is 0 Å². The van der Waals surface area contributed by atoms with E-state index in [2.05, 4.69) is 23.6 Å². The van der Waals surface area contributed by atoms with Crippen molar-refractivity contribution in [2.24, 2.45) is 5.92 Å². The highest BCUT2D eigenvalue weighted by Crippen LogP contribution is 2.34. The van der Waals surface area contributed by atoms with Crippen LogP contribution in [0.4, 0.5) is 10.2 Å². The minimum Gasteiger partial charge on any atom is -0.505 e. The molecule has 1 saturated heterocycles. The summed E-state index contributed by atoms with van der Waals surface area (Å²) in [6, 6.07) is 25.2. The number of alkyl halides is 1. The van der Waals surface area contributed by atoms with Gasteiger partial charge in [0.15, 0.2) is 0 Å². The number of carbonyl (C=O) groups is 1. The first kappa shape index (κ1) is 41.6. The van der Waals surface area contributed by atoms with E-state index in [1.165, 1.54) is 28.9 Å². The molecule has 0 bridgehead atoms. The van der Waals surface area contributed by atoms with Gasteiger partial charge in [-0.05, 0) is 89.3 Å². The predicted octanol–water partition coefficient (Wildman–Crippen LogP) is 9.55. The summed E-state index contributed by atoms with van der Waals surface area (Å²) < 4.78 is 43.5. The van der Waals surface area contributed by atoms with E-state index in [0.29, 0.717) is 19.5 Å². The normalized spacial score (nSPS) is 17.1. The van der Waals surface area contributed by atoms with Crippen molar-refractivity contribution in [2.45, 2.75) is 70.5 Å². The summed E-state index contributed by atoms with van der Waals surface area (Å²) in [6.07, 6.45) is 8.17. The lowest BCUT2D eigenvalue weighted by molar-refractivity contribution is -0.113. The third-order valence-electron chi connectivity index (χ3n) is 10.2. The first-order valence-corrected chi connectivity index (χ1v) is 21.4. The number of pyridine rings is 1. The summed E-state index contributed by atoms with van der Waals surface area (Å²) in [5, 5.41) is 10.2. The van der Waals surface area contributed by atoms with Gasteiger partial charge in [-0.3, -0.25) is 4.90 Å². The molecule has 2 heterocycles. The van der Waals surface area contributed by atoms with E-state index in [0.717, 1.165) is 71.4 Å². The summed E-state index contributed by atoms with van der Waals surface area (Å²) in [5.41, 5.74) is 5.17. The third kappa shape index (κ3) is 10.5. The Labute approximate surface area is 340 Å². The highest BCUT2D eigenvalue weighted by atomic mass is 35.5. The lowest BCUT2D eigenvalue weighted by Gasteiger charge is -2.31.